The van der Waals surface area contributed by atoms with Crippen LogP contribution < -0.4 is 10.2 Å². The first-order valence-corrected chi connectivity index (χ1v) is 8.24. The standard InChI is InChI=1S/C20H17ClN2O2/c1-14(25-18-11-9-17(21)10-12-18)20(24)23-22-13-16-7-4-6-15-5-2-3-8-19(15)16/h2-14H,1H3,(H,23,24)/t14-/m1/s1. The molecular formula is C20H17ClN2O2. The predicted octanol–water partition coefficient (Wildman–Crippen LogP) is 4.41. The van der Waals surface area contributed by atoms with E-state index >= 15 is 0 Å². The van der Waals surface area contributed by atoms with Gasteiger partial charge in [-0.25, -0.2) is 5.43 Å². The molecule has 0 radical (unpaired) electrons. The number of carbonyl (C=O) groups is 1. The Bertz CT molecular complexity index is 902. The van der Waals surface area contributed by atoms with E-state index in [2.05, 4.69) is 10.5 Å². The van der Waals surface area contributed by atoms with Crippen molar-refractivity contribution in [1.29, 1.82) is 0 Å². The van der Waals surface area contributed by atoms with E-state index in [-0.39, 0.29) is 5.91 Å². The minimum Gasteiger partial charge on any atom is -0.481 e. The fraction of sp³-hybridized carbons (Fsp3) is 0.100. The van der Waals surface area contributed by atoms with Crippen molar-refractivity contribution in [3.8, 4) is 5.75 Å². The Morgan fingerprint density at radius 3 is 2.60 bits per heavy atom. The number of fused-ring (bicyclic) bond motifs is 1. The van der Waals surface area contributed by atoms with Gasteiger partial charge in [-0.05, 0) is 42.0 Å². The van der Waals surface area contributed by atoms with Crippen LogP contribution in [0.5, 0.6) is 5.75 Å². The monoisotopic (exact) mass is 352 g/mol. The van der Waals surface area contributed by atoms with Crippen molar-refractivity contribution in [2.45, 2.75) is 13.0 Å². The second-order valence-corrected chi connectivity index (χ2v) is 5.95. The number of rotatable bonds is 5. The molecule has 4 nitrogen and oxygen atoms in total. The summed E-state index contributed by atoms with van der Waals surface area (Å²) in [7, 11) is 0. The van der Waals surface area contributed by atoms with Gasteiger partial charge in [0.1, 0.15) is 5.75 Å². The molecule has 3 rings (SSSR count). The third-order valence-electron chi connectivity index (χ3n) is 3.70. The van der Waals surface area contributed by atoms with Gasteiger partial charge in [0.05, 0.1) is 6.21 Å². The van der Waals surface area contributed by atoms with E-state index in [9.17, 15) is 4.79 Å². The van der Waals surface area contributed by atoms with Crippen molar-refractivity contribution in [2.24, 2.45) is 5.10 Å². The predicted molar refractivity (Wildman–Crippen MR) is 101 cm³/mol. The number of halogens is 1. The van der Waals surface area contributed by atoms with Crippen molar-refractivity contribution >= 4 is 34.5 Å². The molecule has 0 saturated heterocycles. The maximum atomic E-state index is 12.1. The van der Waals surface area contributed by atoms with Gasteiger partial charge in [-0.3, -0.25) is 4.79 Å². The average molecular weight is 353 g/mol. The zero-order valence-electron chi connectivity index (χ0n) is 13.6. The Balaban J connectivity index is 1.62. The van der Waals surface area contributed by atoms with E-state index in [0.717, 1.165) is 16.3 Å². The van der Waals surface area contributed by atoms with Crippen LogP contribution in [-0.2, 0) is 4.79 Å². The van der Waals surface area contributed by atoms with Crippen LogP contribution in [0, 0.1) is 0 Å². The molecule has 0 bridgehead atoms. The third kappa shape index (κ3) is 4.37. The van der Waals surface area contributed by atoms with Crippen molar-refractivity contribution in [3.63, 3.8) is 0 Å². The van der Waals surface area contributed by atoms with Crippen LogP contribution in [-0.4, -0.2) is 18.2 Å². The van der Waals surface area contributed by atoms with Crippen molar-refractivity contribution in [3.05, 3.63) is 77.3 Å². The molecule has 1 N–H and O–H groups in total. The summed E-state index contributed by atoms with van der Waals surface area (Å²) in [5.41, 5.74) is 3.44. The first-order valence-electron chi connectivity index (χ1n) is 7.86. The summed E-state index contributed by atoms with van der Waals surface area (Å²) in [6.07, 6.45) is 0.959. The lowest BCUT2D eigenvalue weighted by molar-refractivity contribution is -0.127. The lowest BCUT2D eigenvalue weighted by atomic mass is 10.1. The van der Waals surface area contributed by atoms with Crippen molar-refractivity contribution in [2.75, 3.05) is 0 Å². The maximum Gasteiger partial charge on any atom is 0.280 e. The Morgan fingerprint density at radius 1 is 1.08 bits per heavy atom. The van der Waals surface area contributed by atoms with Crippen molar-refractivity contribution < 1.29 is 9.53 Å². The second-order valence-electron chi connectivity index (χ2n) is 5.52. The number of hydrogen-bond donors (Lipinski definition) is 1. The number of hydrogen-bond acceptors (Lipinski definition) is 3. The highest BCUT2D eigenvalue weighted by molar-refractivity contribution is 6.30. The lowest BCUT2D eigenvalue weighted by Gasteiger charge is -2.12. The van der Waals surface area contributed by atoms with Crippen molar-refractivity contribution in [1.82, 2.24) is 5.43 Å². The van der Waals surface area contributed by atoms with Crippen LogP contribution in [0.3, 0.4) is 0 Å². The van der Waals surface area contributed by atoms with Gasteiger partial charge in [0, 0.05) is 10.6 Å². The number of ether oxygens (including phenoxy) is 1. The molecule has 0 fully saturated rings. The first kappa shape index (κ1) is 17.0. The molecule has 0 aliphatic rings. The van der Waals surface area contributed by atoms with E-state index in [4.69, 9.17) is 16.3 Å². The highest BCUT2D eigenvalue weighted by Gasteiger charge is 2.13. The molecule has 0 unspecified atom stereocenters. The zero-order valence-corrected chi connectivity index (χ0v) is 14.4. The molecule has 0 aliphatic heterocycles. The quantitative estimate of drug-likeness (QED) is 0.546. The summed E-state index contributed by atoms with van der Waals surface area (Å²) < 4.78 is 5.56. The van der Waals surface area contributed by atoms with Gasteiger partial charge < -0.3 is 4.74 Å². The van der Waals surface area contributed by atoms with Gasteiger partial charge in [0.15, 0.2) is 6.10 Å². The molecule has 0 saturated carbocycles. The third-order valence-corrected chi connectivity index (χ3v) is 3.95. The maximum absolute atomic E-state index is 12.1. The number of amides is 1. The number of nitrogens with zero attached hydrogens (tertiary/aromatic N) is 1. The molecule has 0 aliphatic carbocycles. The Kier molecular flexibility index (Phi) is 5.31. The van der Waals surface area contributed by atoms with E-state index < -0.39 is 6.10 Å². The van der Waals surface area contributed by atoms with E-state index in [0.29, 0.717) is 10.8 Å². The van der Waals surface area contributed by atoms with E-state index in [1.54, 1.807) is 37.4 Å². The molecule has 0 heterocycles. The normalized spacial score (nSPS) is 12.2. The van der Waals surface area contributed by atoms with E-state index in [1.165, 1.54) is 0 Å². The van der Waals surface area contributed by atoms with Gasteiger partial charge in [-0.2, -0.15) is 5.10 Å². The molecule has 1 atom stereocenters. The molecule has 3 aromatic carbocycles. The summed E-state index contributed by atoms with van der Waals surface area (Å²) in [5.74, 6) is 0.247. The molecule has 0 aromatic heterocycles. The van der Waals surface area contributed by atoms with Crippen LogP contribution in [0.15, 0.2) is 71.8 Å². The Hall–Kier alpha value is -2.85. The molecule has 0 spiro atoms. The number of carbonyl (C=O) groups excluding carboxylic acids is 1. The van der Waals surface area contributed by atoms with Gasteiger partial charge in [-0.1, -0.05) is 54.1 Å². The van der Waals surface area contributed by atoms with Crippen LogP contribution in [0.1, 0.15) is 12.5 Å². The Labute approximate surface area is 151 Å². The molecular weight excluding hydrogens is 336 g/mol. The molecule has 126 valence electrons. The van der Waals surface area contributed by atoms with Crippen LogP contribution in [0.4, 0.5) is 0 Å². The van der Waals surface area contributed by atoms with Gasteiger partial charge in [0.2, 0.25) is 0 Å². The highest BCUT2D eigenvalue weighted by Crippen LogP contribution is 2.17. The highest BCUT2D eigenvalue weighted by atomic mass is 35.5. The van der Waals surface area contributed by atoms with E-state index in [1.807, 2.05) is 42.5 Å². The molecule has 3 aromatic rings. The SMILES string of the molecule is C[C@@H](Oc1ccc(Cl)cc1)C(=O)NN=Cc1cccc2ccccc12. The molecule has 25 heavy (non-hydrogen) atoms. The summed E-state index contributed by atoms with van der Waals surface area (Å²) in [4.78, 5) is 12.1. The number of benzene rings is 3. The molecule has 1 amide bonds. The fourth-order valence-electron chi connectivity index (χ4n) is 2.39. The largest absolute Gasteiger partial charge is 0.481 e. The summed E-state index contributed by atoms with van der Waals surface area (Å²) in [5, 5.41) is 6.86. The summed E-state index contributed by atoms with van der Waals surface area (Å²) >= 11 is 5.82. The van der Waals surface area contributed by atoms with Gasteiger partial charge in [0.25, 0.3) is 5.91 Å². The second kappa shape index (κ2) is 7.81. The van der Waals surface area contributed by atoms with Gasteiger partial charge in [-0.15, -0.1) is 0 Å². The molecule has 5 heteroatoms. The zero-order chi connectivity index (χ0) is 17.6. The smallest absolute Gasteiger partial charge is 0.280 e. The van der Waals surface area contributed by atoms with Gasteiger partial charge >= 0.3 is 0 Å². The summed E-state index contributed by atoms with van der Waals surface area (Å²) in [6.45, 7) is 1.66. The topological polar surface area (TPSA) is 50.7 Å². The van der Waals surface area contributed by atoms with Crippen LogP contribution in [0.25, 0.3) is 10.8 Å². The Morgan fingerprint density at radius 2 is 1.80 bits per heavy atom. The summed E-state index contributed by atoms with van der Waals surface area (Å²) in [6, 6.07) is 20.8. The minimum atomic E-state index is -0.675. The number of hydrazone groups is 1. The van der Waals surface area contributed by atoms with Crippen LogP contribution in [0.2, 0.25) is 5.02 Å². The fourth-order valence-corrected chi connectivity index (χ4v) is 2.52. The first-order chi connectivity index (χ1) is 12.1. The number of nitrogens with one attached hydrogen (secondary N) is 1. The minimum absolute atomic E-state index is 0.327. The lowest BCUT2D eigenvalue weighted by Crippen LogP contribution is -2.33. The average Bonchev–Trinajstić information content (AvgIpc) is 2.63. The van der Waals surface area contributed by atoms with Crippen LogP contribution >= 0.6 is 11.6 Å².